The number of nitrogens with one attached hydrogen (secondary N) is 1. The number of anilines is 1. The van der Waals surface area contributed by atoms with Gasteiger partial charge in [-0.1, -0.05) is 0 Å². The Morgan fingerprint density at radius 3 is 2.69 bits per heavy atom. The molecule has 5 nitrogen and oxygen atoms in total. The van der Waals surface area contributed by atoms with E-state index in [-0.39, 0.29) is 18.5 Å². The van der Waals surface area contributed by atoms with Gasteiger partial charge in [0.1, 0.15) is 5.69 Å². The predicted octanol–water partition coefficient (Wildman–Crippen LogP) is 0.762. The molecule has 0 aliphatic carbocycles. The van der Waals surface area contributed by atoms with Gasteiger partial charge < -0.3 is 20.7 Å². The summed E-state index contributed by atoms with van der Waals surface area (Å²) in [5.74, 6) is -0.216. The Morgan fingerprint density at radius 1 is 1.56 bits per heavy atom. The third-order valence-corrected chi connectivity index (χ3v) is 2.22. The predicted molar refractivity (Wildman–Crippen MR) is 63.2 cm³/mol. The number of rotatable bonds is 4. The minimum Gasteiger partial charge on any atom is -0.397 e. The molecule has 1 amide bonds. The monoisotopic (exact) mass is 225 g/mol. The number of nitrogens with zero attached hydrogens (tertiary/aromatic N) is 1. The minimum absolute atomic E-state index is 0.171. The van der Waals surface area contributed by atoms with Gasteiger partial charge in [-0.25, -0.2) is 0 Å². The summed E-state index contributed by atoms with van der Waals surface area (Å²) in [7, 11) is 0. The summed E-state index contributed by atoms with van der Waals surface area (Å²) in [6.07, 6.45) is 1.19. The molecule has 16 heavy (non-hydrogen) atoms. The van der Waals surface area contributed by atoms with Crippen LogP contribution in [-0.4, -0.2) is 28.2 Å². The van der Waals surface area contributed by atoms with Crippen molar-refractivity contribution in [3.8, 4) is 0 Å². The number of carbonyl (C=O) groups excluding carboxylic acids is 1. The quantitative estimate of drug-likeness (QED) is 0.707. The van der Waals surface area contributed by atoms with Crippen molar-refractivity contribution >= 4 is 11.6 Å². The van der Waals surface area contributed by atoms with Gasteiger partial charge in [-0.15, -0.1) is 0 Å². The molecule has 0 aromatic carbocycles. The number of carbonyl (C=O) groups is 1. The molecule has 0 saturated carbocycles. The van der Waals surface area contributed by atoms with Gasteiger partial charge in [-0.05, 0) is 26.8 Å². The van der Waals surface area contributed by atoms with Gasteiger partial charge in [0.05, 0.1) is 11.8 Å². The lowest BCUT2D eigenvalue weighted by atomic mass is 10.3. The maximum atomic E-state index is 11.8. The second-order valence-electron chi connectivity index (χ2n) is 4.22. The summed E-state index contributed by atoms with van der Waals surface area (Å²) in [5.41, 5.74) is 6.75. The lowest BCUT2D eigenvalue weighted by Crippen LogP contribution is -2.32. The van der Waals surface area contributed by atoms with Crippen LogP contribution in [0.1, 0.15) is 37.3 Å². The van der Waals surface area contributed by atoms with Crippen molar-refractivity contribution in [1.29, 1.82) is 0 Å². The van der Waals surface area contributed by atoms with Crippen LogP contribution in [0.2, 0.25) is 0 Å². The molecule has 1 rings (SSSR count). The first-order valence-electron chi connectivity index (χ1n) is 5.35. The molecule has 4 N–H and O–H groups in total. The van der Waals surface area contributed by atoms with Crippen LogP contribution in [0.15, 0.2) is 12.3 Å². The van der Waals surface area contributed by atoms with E-state index >= 15 is 0 Å². The number of nitrogens with two attached hydrogens (primary N) is 1. The van der Waals surface area contributed by atoms with Crippen molar-refractivity contribution in [3.05, 3.63) is 18.0 Å². The highest BCUT2D eigenvalue weighted by atomic mass is 16.3. The third kappa shape index (κ3) is 3.00. The van der Waals surface area contributed by atoms with Gasteiger partial charge in [0.25, 0.3) is 5.91 Å². The highest BCUT2D eigenvalue weighted by molar-refractivity contribution is 5.93. The minimum atomic E-state index is -0.552. The van der Waals surface area contributed by atoms with E-state index in [1.807, 2.05) is 18.4 Å². The maximum Gasteiger partial charge on any atom is 0.268 e. The van der Waals surface area contributed by atoms with Crippen LogP contribution in [0.25, 0.3) is 0 Å². The lowest BCUT2D eigenvalue weighted by Gasteiger charge is -2.13. The first kappa shape index (κ1) is 12.6. The number of hydrogen-bond donors (Lipinski definition) is 3. The van der Waals surface area contributed by atoms with Crippen molar-refractivity contribution in [2.45, 2.75) is 32.9 Å². The number of aliphatic hydroxyl groups is 1. The molecule has 1 atom stereocenters. The molecular weight excluding hydrogens is 206 g/mol. The Balaban J connectivity index is 2.82. The second kappa shape index (κ2) is 5.03. The van der Waals surface area contributed by atoms with Crippen LogP contribution in [0.3, 0.4) is 0 Å². The Bertz CT molecular complexity index is 369. The average Bonchev–Trinajstić information content (AvgIpc) is 2.56. The first-order chi connectivity index (χ1) is 7.41. The van der Waals surface area contributed by atoms with E-state index in [1.54, 1.807) is 19.2 Å². The SMILES string of the molecule is CC(C)n1cc(N)cc1C(=O)NC[C@H](C)O. The van der Waals surface area contributed by atoms with Gasteiger partial charge in [0.2, 0.25) is 0 Å². The highest BCUT2D eigenvalue weighted by Gasteiger charge is 2.14. The third-order valence-electron chi connectivity index (χ3n) is 2.22. The largest absolute Gasteiger partial charge is 0.397 e. The molecule has 0 aliphatic rings. The lowest BCUT2D eigenvalue weighted by molar-refractivity contribution is 0.0913. The summed E-state index contributed by atoms with van der Waals surface area (Å²) < 4.78 is 1.81. The molecular formula is C11H19N3O2. The Morgan fingerprint density at radius 2 is 2.19 bits per heavy atom. The highest BCUT2D eigenvalue weighted by Crippen LogP contribution is 2.16. The zero-order valence-corrected chi connectivity index (χ0v) is 9.90. The van der Waals surface area contributed by atoms with Crippen LogP contribution in [-0.2, 0) is 0 Å². The van der Waals surface area contributed by atoms with Gasteiger partial charge in [0.15, 0.2) is 0 Å². The molecule has 1 aromatic heterocycles. The van der Waals surface area contributed by atoms with Crippen LogP contribution < -0.4 is 11.1 Å². The molecule has 0 saturated heterocycles. The number of hydrogen-bond acceptors (Lipinski definition) is 3. The molecule has 0 radical (unpaired) electrons. The molecule has 0 fully saturated rings. The summed E-state index contributed by atoms with van der Waals surface area (Å²) in [4.78, 5) is 11.8. The van der Waals surface area contributed by atoms with E-state index in [2.05, 4.69) is 5.32 Å². The molecule has 1 heterocycles. The molecule has 1 aromatic rings. The Hall–Kier alpha value is -1.49. The Labute approximate surface area is 95.3 Å². The zero-order valence-electron chi connectivity index (χ0n) is 9.90. The summed E-state index contributed by atoms with van der Waals surface area (Å²) >= 11 is 0. The van der Waals surface area contributed by atoms with Crippen molar-refractivity contribution in [2.75, 3.05) is 12.3 Å². The smallest absolute Gasteiger partial charge is 0.268 e. The zero-order chi connectivity index (χ0) is 12.3. The van der Waals surface area contributed by atoms with Crippen molar-refractivity contribution < 1.29 is 9.90 Å². The Kier molecular flexibility index (Phi) is 3.95. The number of nitrogen functional groups attached to an aromatic ring is 1. The maximum absolute atomic E-state index is 11.8. The number of aromatic nitrogens is 1. The second-order valence-corrected chi connectivity index (χ2v) is 4.22. The van der Waals surface area contributed by atoms with Crippen LogP contribution in [0, 0.1) is 0 Å². The molecule has 0 spiro atoms. The molecule has 90 valence electrons. The number of aliphatic hydroxyl groups excluding tert-OH is 1. The van der Waals surface area contributed by atoms with Crippen LogP contribution in [0.4, 0.5) is 5.69 Å². The van der Waals surface area contributed by atoms with Gasteiger partial charge >= 0.3 is 0 Å². The molecule has 5 heteroatoms. The summed E-state index contributed by atoms with van der Waals surface area (Å²) in [6.45, 7) is 5.81. The van der Waals surface area contributed by atoms with E-state index in [1.165, 1.54) is 0 Å². The topological polar surface area (TPSA) is 80.3 Å². The fourth-order valence-corrected chi connectivity index (χ4v) is 1.44. The normalized spacial score (nSPS) is 12.8. The fourth-order valence-electron chi connectivity index (χ4n) is 1.44. The average molecular weight is 225 g/mol. The summed E-state index contributed by atoms with van der Waals surface area (Å²) in [5, 5.41) is 11.7. The van der Waals surface area contributed by atoms with E-state index in [4.69, 9.17) is 10.8 Å². The fraction of sp³-hybridized carbons (Fsp3) is 0.545. The van der Waals surface area contributed by atoms with Crippen LogP contribution in [0.5, 0.6) is 0 Å². The number of amides is 1. The first-order valence-corrected chi connectivity index (χ1v) is 5.35. The van der Waals surface area contributed by atoms with E-state index < -0.39 is 6.10 Å². The summed E-state index contributed by atoms with van der Waals surface area (Å²) in [6, 6.07) is 1.81. The van der Waals surface area contributed by atoms with Gasteiger partial charge in [-0.3, -0.25) is 4.79 Å². The molecule has 0 unspecified atom stereocenters. The van der Waals surface area contributed by atoms with Gasteiger partial charge in [-0.2, -0.15) is 0 Å². The molecule has 0 aliphatic heterocycles. The van der Waals surface area contributed by atoms with Crippen LogP contribution >= 0.6 is 0 Å². The van der Waals surface area contributed by atoms with E-state index in [9.17, 15) is 4.79 Å². The molecule has 0 bridgehead atoms. The van der Waals surface area contributed by atoms with Crippen molar-refractivity contribution in [2.24, 2.45) is 0 Å². The van der Waals surface area contributed by atoms with Crippen molar-refractivity contribution in [3.63, 3.8) is 0 Å². The van der Waals surface area contributed by atoms with E-state index in [0.29, 0.717) is 11.4 Å². The van der Waals surface area contributed by atoms with E-state index in [0.717, 1.165) is 0 Å². The van der Waals surface area contributed by atoms with Crippen molar-refractivity contribution in [1.82, 2.24) is 9.88 Å². The van der Waals surface area contributed by atoms with Gasteiger partial charge in [0, 0.05) is 18.8 Å². The standard InChI is InChI=1S/C11H19N3O2/c1-7(2)14-6-9(12)4-10(14)11(16)13-5-8(3)15/h4,6-8,15H,5,12H2,1-3H3,(H,13,16)/t8-/m0/s1.